The van der Waals surface area contributed by atoms with Crippen LogP contribution in [0.2, 0.25) is 0 Å². The smallest absolute Gasteiger partial charge is 0.354 e. The van der Waals surface area contributed by atoms with E-state index in [1.54, 1.807) is 12.3 Å². The molecule has 1 heterocycles. The summed E-state index contributed by atoms with van der Waals surface area (Å²) in [5, 5.41) is 5.87. The van der Waals surface area contributed by atoms with Crippen molar-refractivity contribution in [3.8, 4) is 0 Å². The lowest BCUT2D eigenvalue weighted by Gasteiger charge is -2.09. The van der Waals surface area contributed by atoms with E-state index >= 15 is 0 Å². The molecule has 4 nitrogen and oxygen atoms in total. The summed E-state index contributed by atoms with van der Waals surface area (Å²) in [5.41, 5.74) is -0.154. The molecular formula is C13H13F3N4. The van der Waals surface area contributed by atoms with Crippen LogP contribution in [0.25, 0.3) is 0 Å². The number of halogens is 3. The summed E-state index contributed by atoms with van der Waals surface area (Å²) in [7, 11) is 0. The Bertz CT molecular complexity index is 567. The lowest BCUT2D eigenvalue weighted by Crippen LogP contribution is -2.05. The summed E-state index contributed by atoms with van der Waals surface area (Å²) < 4.78 is 37.3. The van der Waals surface area contributed by atoms with Crippen molar-refractivity contribution < 1.29 is 13.2 Å². The van der Waals surface area contributed by atoms with E-state index in [4.69, 9.17) is 0 Å². The van der Waals surface area contributed by atoms with Crippen molar-refractivity contribution in [2.24, 2.45) is 0 Å². The van der Waals surface area contributed by atoms with E-state index < -0.39 is 11.7 Å². The molecule has 20 heavy (non-hydrogen) atoms. The highest BCUT2D eigenvalue weighted by Gasteiger charge is 2.29. The molecule has 0 aliphatic carbocycles. The van der Waals surface area contributed by atoms with Crippen LogP contribution in [-0.4, -0.2) is 16.5 Å². The monoisotopic (exact) mass is 282 g/mol. The number of benzene rings is 1. The standard InChI is InChI=1S/C13H13F3N4/c1-2-17-12-18-8-7-11(20-12)19-10-5-3-9(4-6-10)13(14,15)16/h3-8H,2H2,1H3,(H2,17,18,19,20). The van der Waals surface area contributed by atoms with Gasteiger partial charge in [-0.3, -0.25) is 0 Å². The minimum absolute atomic E-state index is 0.462. The maximum absolute atomic E-state index is 12.4. The first-order valence-corrected chi connectivity index (χ1v) is 6.00. The van der Waals surface area contributed by atoms with Gasteiger partial charge in [-0.15, -0.1) is 0 Å². The fourth-order valence-corrected chi connectivity index (χ4v) is 1.56. The van der Waals surface area contributed by atoms with E-state index in [2.05, 4.69) is 20.6 Å². The van der Waals surface area contributed by atoms with E-state index in [9.17, 15) is 13.2 Å². The van der Waals surface area contributed by atoms with Gasteiger partial charge in [0, 0.05) is 18.4 Å². The molecule has 0 radical (unpaired) electrons. The quantitative estimate of drug-likeness (QED) is 0.898. The Morgan fingerprint density at radius 2 is 1.80 bits per heavy atom. The van der Waals surface area contributed by atoms with Gasteiger partial charge in [0.2, 0.25) is 5.95 Å². The molecule has 0 amide bonds. The van der Waals surface area contributed by atoms with Crippen molar-refractivity contribution in [2.75, 3.05) is 17.2 Å². The minimum Gasteiger partial charge on any atom is -0.354 e. The van der Waals surface area contributed by atoms with Gasteiger partial charge < -0.3 is 10.6 Å². The Kier molecular flexibility index (Phi) is 4.07. The first-order valence-electron chi connectivity index (χ1n) is 6.00. The maximum Gasteiger partial charge on any atom is 0.416 e. The van der Waals surface area contributed by atoms with Crippen LogP contribution < -0.4 is 10.6 Å². The van der Waals surface area contributed by atoms with E-state index in [0.29, 0.717) is 24.0 Å². The molecule has 0 fully saturated rings. The Morgan fingerprint density at radius 1 is 1.10 bits per heavy atom. The van der Waals surface area contributed by atoms with Crippen LogP contribution in [-0.2, 0) is 6.18 Å². The molecule has 0 unspecified atom stereocenters. The van der Waals surface area contributed by atoms with E-state index in [0.717, 1.165) is 12.1 Å². The summed E-state index contributed by atoms with van der Waals surface area (Å²) >= 11 is 0. The fourth-order valence-electron chi connectivity index (χ4n) is 1.56. The van der Waals surface area contributed by atoms with Crippen molar-refractivity contribution in [1.82, 2.24) is 9.97 Å². The number of aromatic nitrogens is 2. The maximum atomic E-state index is 12.4. The third-order valence-electron chi connectivity index (χ3n) is 2.48. The molecule has 7 heteroatoms. The highest BCUT2D eigenvalue weighted by atomic mass is 19.4. The number of anilines is 3. The molecule has 0 saturated carbocycles. The van der Waals surface area contributed by atoms with Crippen LogP contribution in [0.15, 0.2) is 36.5 Å². The third-order valence-corrected chi connectivity index (χ3v) is 2.48. The van der Waals surface area contributed by atoms with Gasteiger partial charge in [-0.05, 0) is 37.3 Å². The Morgan fingerprint density at radius 3 is 2.40 bits per heavy atom. The molecule has 0 aliphatic heterocycles. The number of nitrogens with zero attached hydrogens (tertiary/aromatic N) is 2. The van der Waals surface area contributed by atoms with Crippen LogP contribution in [0.4, 0.5) is 30.6 Å². The molecule has 106 valence electrons. The zero-order valence-corrected chi connectivity index (χ0v) is 10.7. The molecule has 1 aromatic heterocycles. The summed E-state index contributed by atoms with van der Waals surface area (Å²) in [6.45, 7) is 2.60. The third kappa shape index (κ3) is 3.59. The second-order valence-electron chi connectivity index (χ2n) is 4.00. The summed E-state index contributed by atoms with van der Waals surface area (Å²) in [5.74, 6) is 0.972. The summed E-state index contributed by atoms with van der Waals surface area (Å²) in [6.07, 6.45) is -2.76. The number of hydrogen-bond donors (Lipinski definition) is 2. The largest absolute Gasteiger partial charge is 0.416 e. The van der Waals surface area contributed by atoms with Crippen LogP contribution >= 0.6 is 0 Å². The lowest BCUT2D eigenvalue weighted by molar-refractivity contribution is -0.137. The Labute approximate surface area is 114 Å². The van der Waals surface area contributed by atoms with Gasteiger partial charge in [-0.2, -0.15) is 18.2 Å². The minimum atomic E-state index is -4.33. The van der Waals surface area contributed by atoms with Crippen LogP contribution in [0.5, 0.6) is 0 Å². The van der Waals surface area contributed by atoms with Crippen molar-refractivity contribution in [1.29, 1.82) is 0 Å². The predicted molar refractivity (Wildman–Crippen MR) is 70.9 cm³/mol. The molecule has 2 rings (SSSR count). The Hall–Kier alpha value is -2.31. The Balaban J connectivity index is 2.12. The summed E-state index contributed by atoms with van der Waals surface area (Å²) in [4.78, 5) is 8.18. The predicted octanol–water partition coefficient (Wildman–Crippen LogP) is 3.67. The van der Waals surface area contributed by atoms with Crippen molar-refractivity contribution in [2.45, 2.75) is 13.1 Å². The SMILES string of the molecule is CCNc1nccc(Nc2ccc(C(F)(F)F)cc2)n1. The van der Waals surface area contributed by atoms with Gasteiger partial charge in [0.25, 0.3) is 0 Å². The van der Waals surface area contributed by atoms with Crippen molar-refractivity contribution >= 4 is 17.5 Å². The number of alkyl halides is 3. The van der Waals surface area contributed by atoms with Gasteiger partial charge in [-0.1, -0.05) is 0 Å². The van der Waals surface area contributed by atoms with Crippen LogP contribution in [0.3, 0.4) is 0 Å². The first-order chi connectivity index (χ1) is 9.49. The molecule has 0 saturated heterocycles. The van der Waals surface area contributed by atoms with E-state index in [1.807, 2.05) is 6.92 Å². The topological polar surface area (TPSA) is 49.8 Å². The zero-order chi connectivity index (χ0) is 14.6. The fraction of sp³-hybridized carbons (Fsp3) is 0.231. The summed E-state index contributed by atoms with van der Waals surface area (Å²) in [6, 6.07) is 6.40. The molecule has 0 atom stereocenters. The zero-order valence-electron chi connectivity index (χ0n) is 10.7. The average molecular weight is 282 g/mol. The van der Waals surface area contributed by atoms with Gasteiger partial charge >= 0.3 is 6.18 Å². The second-order valence-corrected chi connectivity index (χ2v) is 4.00. The number of rotatable bonds is 4. The van der Waals surface area contributed by atoms with Gasteiger partial charge in [0.15, 0.2) is 0 Å². The molecule has 0 bridgehead atoms. The molecular weight excluding hydrogens is 269 g/mol. The highest BCUT2D eigenvalue weighted by Crippen LogP contribution is 2.30. The lowest BCUT2D eigenvalue weighted by atomic mass is 10.2. The number of hydrogen-bond acceptors (Lipinski definition) is 4. The molecule has 0 aliphatic rings. The van der Waals surface area contributed by atoms with Crippen LogP contribution in [0, 0.1) is 0 Å². The van der Waals surface area contributed by atoms with Gasteiger partial charge in [0.1, 0.15) is 5.82 Å². The average Bonchev–Trinajstić information content (AvgIpc) is 2.39. The molecule has 2 N–H and O–H groups in total. The second kappa shape index (κ2) is 5.77. The van der Waals surface area contributed by atoms with Gasteiger partial charge in [-0.25, -0.2) is 4.98 Å². The van der Waals surface area contributed by atoms with Crippen molar-refractivity contribution in [3.63, 3.8) is 0 Å². The van der Waals surface area contributed by atoms with E-state index in [1.165, 1.54) is 12.1 Å². The normalized spacial score (nSPS) is 11.2. The van der Waals surface area contributed by atoms with Crippen LogP contribution in [0.1, 0.15) is 12.5 Å². The van der Waals surface area contributed by atoms with Gasteiger partial charge in [0.05, 0.1) is 5.56 Å². The van der Waals surface area contributed by atoms with E-state index in [-0.39, 0.29) is 0 Å². The number of nitrogens with one attached hydrogen (secondary N) is 2. The van der Waals surface area contributed by atoms with Crippen molar-refractivity contribution in [3.05, 3.63) is 42.1 Å². The molecule has 0 spiro atoms. The molecule has 2 aromatic rings. The molecule has 1 aromatic carbocycles. The highest BCUT2D eigenvalue weighted by molar-refractivity contribution is 5.57. The first kappa shape index (κ1) is 14.1.